The Labute approximate surface area is 107 Å². The van der Waals surface area contributed by atoms with E-state index in [1.54, 1.807) is 7.11 Å². The number of nitrogens with one attached hydrogen (secondary N) is 1. The van der Waals surface area contributed by atoms with Crippen LogP contribution in [0.15, 0.2) is 0 Å². The van der Waals surface area contributed by atoms with Gasteiger partial charge in [0.05, 0.1) is 12.7 Å². The number of aliphatic carboxylic acids is 1. The molecule has 2 aliphatic rings. The molecule has 2 heterocycles. The van der Waals surface area contributed by atoms with Gasteiger partial charge in [-0.25, -0.2) is 4.79 Å². The van der Waals surface area contributed by atoms with Crippen molar-refractivity contribution >= 4 is 5.97 Å². The highest BCUT2D eigenvalue weighted by Gasteiger charge is 2.35. The number of methoxy groups -OCH3 is 1. The van der Waals surface area contributed by atoms with Crippen molar-refractivity contribution in [2.45, 2.75) is 37.1 Å². The number of ether oxygens (including phenoxy) is 3. The lowest BCUT2D eigenvalue weighted by Crippen LogP contribution is -2.45. The standard InChI is InChI=1S/C12H21NO5/c1-16-12(4-5-17-8-12)7-13-6-9-2-3-10(18-9)11(14)15/h9-10,13H,2-8H2,1H3,(H,14,15). The summed E-state index contributed by atoms with van der Waals surface area (Å²) < 4.78 is 16.3. The maximum absolute atomic E-state index is 10.7. The molecule has 2 aliphatic heterocycles. The van der Waals surface area contributed by atoms with E-state index < -0.39 is 12.1 Å². The Kier molecular flexibility index (Phi) is 4.55. The van der Waals surface area contributed by atoms with E-state index >= 15 is 0 Å². The van der Waals surface area contributed by atoms with Gasteiger partial charge in [0.1, 0.15) is 5.60 Å². The van der Waals surface area contributed by atoms with Gasteiger partial charge in [-0.2, -0.15) is 0 Å². The van der Waals surface area contributed by atoms with Gasteiger partial charge in [-0.3, -0.25) is 0 Å². The largest absolute Gasteiger partial charge is 0.479 e. The van der Waals surface area contributed by atoms with Crippen molar-refractivity contribution in [3.8, 4) is 0 Å². The first-order valence-corrected chi connectivity index (χ1v) is 6.37. The lowest BCUT2D eigenvalue weighted by atomic mass is 10.0. The van der Waals surface area contributed by atoms with E-state index in [0.717, 1.165) is 19.4 Å². The second kappa shape index (κ2) is 5.97. The van der Waals surface area contributed by atoms with Gasteiger partial charge in [-0.1, -0.05) is 0 Å². The van der Waals surface area contributed by atoms with Gasteiger partial charge in [-0.15, -0.1) is 0 Å². The zero-order chi connectivity index (χ0) is 13.0. The first-order valence-electron chi connectivity index (χ1n) is 6.37. The maximum atomic E-state index is 10.7. The fourth-order valence-corrected chi connectivity index (χ4v) is 2.46. The van der Waals surface area contributed by atoms with Crippen LogP contribution in [0.3, 0.4) is 0 Å². The van der Waals surface area contributed by atoms with Crippen LogP contribution in [0.25, 0.3) is 0 Å². The van der Waals surface area contributed by atoms with Crippen LogP contribution in [-0.2, 0) is 19.0 Å². The second-order valence-corrected chi connectivity index (χ2v) is 4.98. The van der Waals surface area contributed by atoms with Gasteiger partial charge in [-0.05, 0) is 12.8 Å². The summed E-state index contributed by atoms with van der Waals surface area (Å²) in [5, 5.41) is 12.1. The van der Waals surface area contributed by atoms with Crippen LogP contribution in [-0.4, -0.2) is 62.3 Å². The number of hydrogen-bond acceptors (Lipinski definition) is 5. The summed E-state index contributed by atoms with van der Waals surface area (Å²) >= 11 is 0. The molecule has 6 heteroatoms. The van der Waals surface area contributed by atoms with Gasteiger partial charge < -0.3 is 24.6 Å². The minimum atomic E-state index is -0.866. The average Bonchev–Trinajstić information content (AvgIpc) is 2.98. The molecule has 2 fully saturated rings. The highest BCUT2D eigenvalue weighted by atomic mass is 16.6. The minimum absolute atomic E-state index is 0.0117. The van der Waals surface area contributed by atoms with Crippen molar-refractivity contribution in [1.29, 1.82) is 0 Å². The fourth-order valence-electron chi connectivity index (χ4n) is 2.46. The molecule has 18 heavy (non-hydrogen) atoms. The van der Waals surface area contributed by atoms with Crippen molar-refractivity contribution < 1.29 is 24.1 Å². The van der Waals surface area contributed by atoms with Crippen LogP contribution in [0.4, 0.5) is 0 Å². The van der Waals surface area contributed by atoms with Crippen molar-refractivity contribution in [1.82, 2.24) is 5.32 Å². The fraction of sp³-hybridized carbons (Fsp3) is 0.917. The Morgan fingerprint density at radius 3 is 2.94 bits per heavy atom. The van der Waals surface area contributed by atoms with E-state index in [-0.39, 0.29) is 11.7 Å². The van der Waals surface area contributed by atoms with E-state index in [2.05, 4.69) is 5.32 Å². The quantitative estimate of drug-likeness (QED) is 0.700. The number of carboxylic acid groups (broad SMARTS) is 1. The molecule has 0 radical (unpaired) electrons. The Balaban J connectivity index is 1.68. The molecule has 2 N–H and O–H groups in total. The number of carbonyl (C=O) groups is 1. The van der Waals surface area contributed by atoms with E-state index in [4.69, 9.17) is 19.3 Å². The van der Waals surface area contributed by atoms with E-state index in [9.17, 15) is 4.79 Å². The lowest BCUT2D eigenvalue weighted by molar-refractivity contribution is -0.149. The van der Waals surface area contributed by atoms with Crippen molar-refractivity contribution in [2.75, 3.05) is 33.4 Å². The molecular formula is C12H21NO5. The molecule has 3 atom stereocenters. The molecular weight excluding hydrogens is 238 g/mol. The molecule has 2 saturated heterocycles. The van der Waals surface area contributed by atoms with Crippen LogP contribution in [0, 0.1) is 0 Å². The van der Waals surface area contributed by atoms with Crippen LogP contribution >= 0.6 is 0 Å². The summed E-state index contributed by atoms with van der Waals surface area (Å²) in [7, 11) is 1.70. The van der Waals surface area contributed by atoms with Gasteiger partial charge in [0, 0.05) is 33.2 Å². The Hall–Kier alpha value is -0.690. The first kappa shape index (κ1) is 13.7. The van der Waals surface area contributed by atoms with Crippen LogP contribution < -0.4 is 5.32 Å². The monoisotopic (exact) mass is 259 g/mol. The molecule has 0 aromatic rings. The summed E-state index contributed by atoms with van der Waals surface area (Å²) in [4.78, 5) is 10.7. The molecule has 6 nitrogen and oxygen atoms in total. The molecule has 0 spiro atoms. The molecule has 0 amide bonds. The normalized spacial score (nSPS) is 36.1. The lowest BCUT2D eigenvalue weighted by Gasteiger charge is -2.26. The molecule has 0 aromatic heterocycles. The second-order valence-electron chi connectivity index (χ2n) is 4.98. The van der Waals surface area contributed by atoms with Crippen LogP contribution in [0.2, 0.25) is 0 Å². The summed E-state index contributed by atoms with van der Waals surface area (Å²) in [5.41, 5.74) is -0.231. The van der Waals surface area contributed by atoms with E-state index in [1.165, 1.54) is 0 Å². The van der Waals surface area contributed by atoms with Crippen molar-refractivity contribution in [3.63, 3.8) is 0 Å². The maximum Gasteiger partial charge on any atom is 0.332 e. The summed E-state index contributed by atoms with van der Waals surface area (Å²) in [6.45, 7) is 2.71. The summed E-state index contributed by atoms with van der Waals surface area (Å²) in [6.07, 6.45) is 1.63. The smallest absolute Gasteiger partial charge is 0.332 e. The van der Waals surface area contributed by atoms with Crippen molar-refractivity contribution in [3.05, 3.63) is 0 Å². The number of carboxylic acids is 1. The molecule has 0 aromatic carbocycles. The molecule has 0 aliphatic carbocycles. The molecule has 104 valence electrons. The van der Waals surface area contributed by atoms with Gasteiger partial charge in [0.25, 0.3) is 0 Å². The van der Waals surface area contributed by atoms with E-state index in [0.29, 0.717) is 26.1 Å². The van der Waals surface area contributed by atoms with Gasteiger partial charge in [0.2, 0.25) is 0 Å². The first-order chi connectivity index (χ1) is 8.65. The molecule has 3 unspecified atom stereocenters. The Morgan fingerprint density at radius 2 is 2.39 bits per heavy atom. The number of hydrogen-bond donors (Lipinski definition) is 2. The zero-order valence-corrected chi connectivity index (χ0v) is 10.7. The molecule has 2 rings (SSSR count). The zero-order valence-electron chi connectivity index (χ0n) is 10.7. The summed E-state index contributed by atoms with van der Waals surface area (Å²) in [5.74, 6) is -0.866. The van der Waals surface area contributed by atoms with Crippen LogP contribution in [0.5, 0.6) is 0 Å². The van der Waals surface area contributed by atoms with Crippen molar-refractivity contribution in [2.24, 2.45) is 0 Å². The average molecular weight is 259 g/mol. The number of rotatable bonds is 6. The predicted molar refractivity (Wildman–Crippen MR) is 63.6 cm³/mol. The summed E-state index contributed by atoms with van der Waals surface area (Å²) in [6, 6.07) is 0. The topological polar surface area (TPSA) is 77.0 Å². The van der Waals surface area contributed by atoms with Gasteiger partial charge >= 0.3 is 5.97 Å². The molecule has 0 bridgehead atoms. The van der Waals surface area contributed by atoms with E-state index in [1.807, 2.05) is 0 Å². The predicted octanol–water partition coefficient (Wildman–Crippen LogP) is 0.0137. The third-order valence-electron chi connectivity index (χ3n) is 3.70. The Morgan fingerprint density at radius 1 is 1.56 bits per heavy atom. The Bertz CT molecular complexity index is 290. The third-order valence-corrected chi connectivity index (χ3v) is 3.70. The highest BCUT2D eigenvalue weighted by Crippen LogP contribution is 2.22. The third kappa shape index (κ3) is 3.20. The SMILES string of the molecule is COC1(CNCC2CCC(C(=O)O)O2)CCOC1. The molecule has 0 saturated carbocycles. The van der Waals surface area contributed by atoms with Gasteiger partial charge in [0.15, 0.2) is 6.10 Å². The highest BCUT2D eigenvalue weighted by molar-refractivity contribution is 5.72. The van der Waals surface area contributed by atoms with Crippen LogP contribution in [0.1, 0.15) is 19.3 Å². The minimum Gasteiger partial charge on any atom is -0.479 e.